The lowest BCUT2D eigenvalue weighted by Crippen LogP contribution is -2.29. The number of nitrogens with one attached hydrogen (secondary N) is 1. The topological polar surface area (TPSA) is 67.2 Å². The minimum Gasteiger partial charge on any atom is -0.392 e. The predicted molar refractivity (Wildman–Crippen MR) is 102 cm³/mol. The van der Waals surface area contributed by atoms with Gasteiger partial charge in [0.2, 0.25) is 0 Å². The van der Waals surface area contributed by atoms with Crippen LogP contribution in [0.1, 0.15) is 27.9 Å². The number of nitrogens with zero attached hydrogens (tertiary/aromatic N) is 2. The summed E-state index contributed by atoms with van der Waals surface area (Å²) in [5.41, 5.74) is 1.63. The van der Waals surface area contributed by atoms with Gasteiger partial charge in [0.25, 0.3) is 5.91 Å². The van der Waals surface area contributed by atoms with Crippen LogP contribution in [0.3, 0.4) is 0 Å². The van der Waals surface area contributed by atoms with Gasteiger partial charge < -0.3 is 10.4 Å². The number of hydrogen-bond acceptors (Lipinski definition) is 4. The molecule has 1 atom stereocenters. The average molecular weight is 398 g/mol. The minimum atomic E-state index is -0.585. The van der Waals surface area contributed by atoms with Crippen LogP contribution in [0.5, 0.6) is 0 Å². The molecule has 0 saturated heterocycles. The summed E-state index contributed by atoms with van der Waals surface area (Å²) in [6.07, 6.45) is -0.585. The number of hydrogen-bond donors (Lipinski definition) is 2. The van der Waals surface area contributed by atoms with E-state index in [1.165, 1.54) is 11.3 Å². The summed E-state index contributed by atoms with van der Waals surface area (Å²) in [6, 6.07) is 7.21. The van der Waals surface area contributed by atoms with Crippen molar-refractivity contribution in [1.82, 2.24) is 15.1 Å². The second kappa shape index (κ2) is 7.33. The highest BCUT2D eigenvalue weighted by atomic mass is 35.5. The maximum Gasteiger partial charge on any atom is 0.261 e. The molecular weight excluding hydrogens is 381 g/mol. The molecule has 0 saturated carbocycles. The summed E-state index contributed by atoms with van der Waals surface area (Å²) in [6.45, 7) is 4.17. The van der Waals surface area contributed by atoms with Crippen molar-refractivity contribution in [3.05, 3.63) is 50.4 Å². The Balaban J connectivity index is 1.93. The van der Waals surface area contributed by atoms with Crippen LogP contribution < -0.4 is 5.32 Å². The van der Waals surface area contributed by atoms with E-state index in [0.29, 0.717) is 21.5 Å². The lowest BCUT2D eigenvalue weighted by atomic mass is 10.2. The average Bonchev–Trinajstić information content (AvgIpc) is 3.10. The number of carbonyl (C=O) groups is 1. The molecule has 0 aliphatic carbocycles. The molecule has 8 heteroatoms. The Labute approximate surface area is 159 Å². The first kappa shape index (κ1) is 18.2. The summed E-state index contributed by atoms with van der Waals surface area (Å²) in [5.74, 6) is -0.205. The van der Waals surface area contributed by atoms with Crippen LogP contribution in [0.4, 0.5) is 0 Å². The Morgan fingerprint density at radius 3 is 2.72 bits per heavy atom. The monoisotopic (exact) mass is 397 g/mol. The van der Waals surface area contributed by atoms with Crippen molar-refractivity contribution in [2.45, 2.75) is 26.5 Å². The van der Waals surface area contributed by atoms with Crippen LogP contribution >= 0.6 is 34.5 Å². The van der Waals surface area contributed by atoms with Crippen LogP contribution in [-0.4, -0.2) is 33.4 Å². The lowest BCUT2D eigenvalue weighted by molar-refractivity contribution is 0.0928. The van der Waals surface area contributed by atoms with E-state index >= 15 is 0 Å². The Bertz CT molecular complexity index is 913. The van der Waals surface area contributed by atoms with E-state index in [0.717, 1.165) is 21.5 Å². The molecule has 132 valence electrons. The molecule has 2 heterocycles. The first-order valence-corrected chi connectivity index (χ1v) is 9.30. The molecule has 1 aromatic carbocycles. The summed E-state index contributed by atoms with van der Waals surface area (Å²) in [5, 5.41) is 18.6. The van der Waals surface area contributed by atoms with E-state index in [2.05, 4.69) is 10.4 Å². The SMILES string of the molecule is Cc1nn(Cc2c(Cl)cccc2Cl)c2sc(C(=O)NCC(C)O)cc12. The van der Waals surface area contributed by atoms with E-state index in [1.54, 1.807) is 25.1 Å². The summed E-state index contributed by atoms with van der Waals surface area (Å²) < 4.78 is 1.81. The zero-order valence-corrected chi connectivity index (χ0v) is 16.0. The first-order valence-electron chi connectivity index (χ1n) is 7.73. The van der Waals surface area contributed by atoms with Crippen molar-refractivity contribution in [2.24, 2.45) is 0 Å². The van der Waals surface area contributed by atoms with Gasteiger partial charge in [-0.2, -0.15) is 5.10 Å². The number of halogens is 2. The molecular formula is C17H17Cl2N3O2S. The van der Waals surface area contributed by atoms with Crippen molar-refractivity contribution >= 4 is 50.7 Å². The van der Waals surface area contributed by atoms with Gasteiger partial charge in [-0.25, -0.2) is 4.68 Å². The van der Waals surface area contributed by atoms with Gasteiger partial charge in [0.1, 0.15) is 4.83 Å². The zero-order valence-electron chi connectivity index (χ0n) is 13.7. The highest BCUT2D eigenvalue weighted by Crippen LogP contribution is 2.31. The van der Waals surface area contributed by atoms with Crippen LogP contribution in [0.2, 0.25) is 10.0 Å². The minimum absolute atomic E-state index is 0.205. The highest BCUT2D eigenvalue weighted by Gasteiger charge is 2.18. The Kier molecular flexibility index (Phi) is 5.34. The van der Waals surface area contributed by atoms with Crippen molar-refractivity contribution < 1.29 is 9.90 Å². The number of aliphatic hydroxyl groups is 1. The summed E-state index contributed by atoms with van der Waals surface area (Å²) >= 11 is 13.9. The third-order valence-corrected chi connectivity index (χ3v) is 5.61. The van der Waals surface area contributed by atoms with Gasteiger partial charge in [-0.05, 0) is 32.0 Å². The van der Waals surface area contributed by atoms with Crippen LogP contribution in [0, 0.1) is 6.92 Å². The molecule has 1 amide bonds. The van der Waals surface area contributed by atoms with Crippen LogP contribution in [0.15, 0.2) is 24.3 Å². The normalized spacial score (nSPS) is 12.5. The fraction of sp³-hybridized carbons (Fsp3) is 0.294. The van der Waals surface area contributed by atoms with E-state index < -0.39 is 6.10 Å². The third-order valence-electron chi connectivity index (χ3n) is 3.76. The number of fused-ring (bicyclic) bond motifs is 1. The molecule has 0 radical (unpaired) electrons. The molecule has 3 aromatic rings. The number of aromatic nitrogens is 2. The standard InChI is InChI=1S/C17H17Cl2N3O2S/c1-9(23)7-20-16(24)15-6-11-10(2)21-22(17(11)25-15)8-12-13(18)4-3-5-14(12)19/h3-6,9,23H,7-8H2,1-2H3,(H,20,24). The van der Waals surface area contributed by atoms with Crippen LogP contribution in [0.25, 0.3) is 10.2 Å². The van der Waals surface area contributed by atoms with Gasteiger partial charge in [0.15, 0.2) is 0 Å². The number of aryl methyl sites for hydroxylation is 1. The second-order valence-electron chi connectivity index (χ2n) is 5.83. The number of aliphatic hydroxyl groups excluding tert-OH is 1. The van der Waals surface area contributed by atoms with Gasteiger partial charge in [-0.3, -0.25) is 4.79 Å². The molecule has 2 aromatic heterocycles. The van der Waals surface area contributed by atoms with Crippen molar-refractivity contribution in [1.29, 1.82) is 0 Å². The predicted octanol–water partition coefficient (Wildman–Crippen LogP) is 3.87. The maximum atomic E-state index is 12.2. The molecule has 1 unspecified atom stereocenters. The molecule has 25 heavy (non-hydrogen) atoms. The van der Waals surface area contributed by atoms with E-state index in [1.807, 2.05) is 17.7 Å². The molecule has 0 fully saturated rings. The molecule has 0 aliphatic heterocycles. The fourth-order valence-electron chi connectivity index (χ4n) is 2.49. The quantitative estimate of drug-likeness (QED) is 0.686. The summed E-state index contributed by atoms with van der Waals surface area (Å²) in [4.78, 5) is 13.7. The fourth-order valence-corrected chi connectivity index (χ4v) is 4.09. The zero-order chi connectivity index (χ0) is 18.1. The number of carbonyl (C=O) groups excluding carboxylic acids is 1. The Hall–Kier alpha value is -1.60. The van der Waals surface area contributed by atoms with Crippen molar-refractivity contribution in [3.63, 3.8) is 0 Å². The summed E-state index contributed by atoms with van der Waals surface area (Å²) in [7, 11) is 0. The van der Waals surface area contributed by atoms with E-state index in [9.17, 15) is 9.90 Å². The van der Waals surface area contributed by atoms with E-state index in [4.69, 9.17) is 23.2 Å². The Morgan fingerprint density at radius 1 is 1.40 bits per heavy atom. The largest absolute Gasteiger partial charge is 0.392 e. The molecule has 0 aliphatic rings. The van der Waals surface area contributed by atoms with Crippen LogP contribution in [-0.2, 0) is 6.54 Å². The Morgan fingerprint density at radius 2 is 2.08 bits per heavy atom. The molecule has 0 bridgehead atoms. The smallest absolute Gasteiger partial charge is 0.261 e. The van der Waals surface area contributed by atoms with Crippen molar-refractivity contribution in [3.8, 4) is 0 Å². The number of thiophene rings is 1. The first-order chi connectivity index (χ1) is 11.9. The second-order valence-corrected chi connectivity index (χ2v) is 7.68. The number of amides is 1. The maximum absolute atomic E-state index is 12.2. The van der Waals surface area contributed by atoms with Gasteiger partial charge in [0, 0.05) is 27.5 Å². The van der Waals surface area contributed by atoms with E-state index in [-0.39, 0.29) is 12.5 Å². The molecule has 2 N–H and O–H groups in total. The highest BCUT2D eigenvalue weighted by molar-refractivity contribution is 7.20. The number of benzene rings is 1. The van der Waals surface area contributed by atoms with Gasteiger partial charge >= 0.3 is 0 Å². The molecule has 0 spiro atoms. The molecule has 3 rings (SSSR count). The van der Waals surface area contributed by atoms with Gasteiger partial charge in [-0.15, -0.1) is 11.3 Å². The number of rotatable bonds is 5. The van der Waals surface area contributed by atoms with Crippen molar-refractivity contribution in [2.75, 3.05) is 6.54 Å². The van der Waals surface area contributed by atoms with Gasteiger partial charge in [0.05, 0.1) is 23.2 Å². The lowest BCUT2D eigenvalue weighted by Gasteiger charge is -2.07. The third kappa shape index (κ3) is 3.82. The van der Waals surface area contributed by atoms with Gasteiger partial charge in [-0.1, -0.05) is 29.3 Å². The molecule has 5 nitrogen and oxygen atoms in total.